The maximum atomic E-state index is 12.3. The molecule has 0 unspecified atom stereocenters. The Morgan fingerprint density at radius 2 is 1.62 bits per heavy atom. The van der Waals surface area contributed by atoms with E-state index in [0.717, 1.165) is 5.69 Å². The summed E-state index contributed by atoms with van der Waals surface area (Å²) in [5.74, 6) is -0.105. The Labute approximate surface area is 168 Å². The van der Waals surface area contributed by atoms with Gasteiger partial charge in [0.05, 0.1) is 29.4 Å². The van der Waals surface area contributed by atoms with E-state index >= 15 is 0 Å². The van der Waals surface area contributed by atoms with Gasteiger partial charge in [-0.1, -0.05) is 0 Å². The monoisotopic (exact) mass is 386 g/mol. The lowest BCUT2D eigenvalue weighted by Gasteiger charge is -2.08. The fourth-order valence-electron chi connectivity index (χ4n) is 2.49. The van der Waals surface area contributed by atoms with Crippen LogP contribution in [0.4, 0.5) is 17.2 Å². The number of hydrogen-bond donors (Lipinski definition) is 2. The number of carbonyl (C=O) groups is 2. The van der Waals surface area contributed by atoms with E-state index in [9.17, 15) is 9.59 Å². The minimum Gasteiger partial charge on any atom is -0.462 e. The molecule has 3 aromatic rings. The fourth-order valence-corrected chi connectivity index (χ4v) is 2.49. The molecule has 0 saturated heterocycles. The minimum atomic E-state index is -0.366. The number of nitrogens with zero attached hydrogens (tertiary/aromatic N) is 2. The summed E-state index contributed by atoms with van der Waals surface area (Å²) < 4.78 is 4.95. The van der Waals surface area contributed by atoms with Crippen LogP contribution >= 0.6 is 0 Å². The molecule has 1 aromatic heterocycles. The van der Waals surface area contributed by atoms with Crippen molar-refractivity contribution in [3.05, 3.63) is 83.6 Å². The average molecular weight is 386 g/mol. The molecular weight excluding hydrogens is 368 g/mol. The summed E-state index contributed by atoms with van der Waals surface area (Å²) >= 11 is 0. The third-order valence-corrected chi connectivity index (χ3v) is 3.97. The quantitative estimate of drug-likeness (QED) is 0.618. The first kappa shape index (κ1) is 19.6. The van der Waals surface area contributed by atoms with Crippen molar-refractivity contribution < 1.29 is 14.3 Å². The van der Waals surface area contributed by atoms with Gasteiger partial charge >= 0.3 is 5.97 Å². The van der Waals surface area contributed by atoms with Crippen LogP contribution in [0.3, 0.4) is 0 Å². The zero-order chi connectivity index (χ0) is 20.6. The molecule has 1 heterocycles. The van der Waals surface area contributed by atoms with Crippen molar-refractivity contribution in [1.82, 2.24) is 4.98 Å². The Kier molecular flexibility index (Phi) is 6.18. The summed E-state index contributed by atoms with van der Waals surface area (Å²) in [6.45, 7) is 2.08. The number of benzene rings is 2. The molecule has 0 aliphatic carbocycles. The van der Waals surface area contributed by atoms with Gasteiger partial charge in [-0.15, -0.1) is 0 Å². The first-order valence-corrected chi connectivity index (χ1v) is 8.91. The second-order valence-electron chi connectivity index (χ2n) is 6.00. The molecule has 0 spiro atoms. The van der Waals surface area contributed by atoms with Crippen molar-refractivity contribution in [1.29, 1.82) is 5.26 Å². The maximum absolute atomic E-state index is 12.3. The highest BCUT2D eigenvalue weighted by atomic mass is 16.5. The zero-order valence-electron chi connectivity index (χ0n) is 15.7. The van der Waals surface area contributed by atoms with Gasteiger partial charge in [0.15, 0.2) is 0 Å². The number of anilines is 3. The smallest absolute Gasteiger partial charge is 0.338 e. The second-order valence-corrected chi connectivity index (χ2v) is 6.00. The molecule has 0 fully saturated rings. The van der Waals surface area contributed by atoms with Crippen molar-refractivity contribution in [3.8, 4) is 6.07 Å². The van der Waals surface area contributed by atoms with Gasteiger partial charge in [-0.3, -0.25) is 4.79 Å². The third-order valence-electron chi connectivity index (χ3n) is 3.97. The molecule has 0 atom stereocenters. The molecular formula is C22H18N4O3. The first-order valence-electron chi connectivity index (χ1n) is 8.91. The molecule has 2 N–H and O–H groups in total. The Morgan fingerprint density at radius 3 is 2.21 bits per heavy atom. The Morgan fingerprint density at radius 1 is 0.966 bits per heavy atom. The summed E-state index contributed by atoms with van der Waals surface area (Å²) in [6.07, 6.45) is 1.47. The normalized spacial score (nSPS) is 9.93. The summed E-state index contributed by atoms with van der Waals surface area (Å²) in [6, 6.07) is 18.8. The van der Waals surface area contributed by atoms with Crippen LogP contribution in [0.2, 0.25) is 0 Å². The highest BCUT2D eigenvalue weighted by Gasteiger charge is 2.08. The van der Waals surface area contributed by atoms with Crippen LogP contribution in [0.5, 0.6) is 0 Å². The number of nitrogens with one attached hydrogen (secondary N) is 2. The second kappa shape index (κ2) is 9.15. The molecule has 0 radical (unpaired) electrons. The molecule has 0 saturated carbocycles. The van der Waals surface area contributed by atoms with Gasteiger partial charge in [-0.05, 0) is 67.6 Å². The number of pyridine rings is 1. The fraction of sp³-hybridized carbons (Fsp3) is 0.0909. The van der Waals surface area contributed by atoms with E-state index in [1.807, 2.05) is 6.07 Å². The molecule has 1 amide bonds. The van der Waals surface area contributed by atoms with Crippen LogP contribution in [0.15, 0.2) is 66.9 Å². The lowest BCUT2D eigenvalue weighted by Crippen LogP contribution is -2.12. The molecule has 0 aliphatic heterocycles. The number of carbonyl (C=O) groups excluding carboxylic acids is 2. The molecule has 144 valence electrons. The Bertz CT molecular complexity index is 1040. The van der Waals surface area contributed by atoms with Gasteiger partial charge in [-0.25, -0.2) is 9.78 Å². The highest BCUT2D eigenvalue weighted by molar-refractivity contribution is 6.04. The van der Waals surface area contributed by atoms with E-state index in [4.69, 9.17) is 10.00 Å². The number of rotatable bonds is 6. The topological polar surface area (TPSA) is 104 Å². The molecule has 0 bridgehead atoms. The van der Waals surface area contributed by atoms with Crippen LogP contribution in [0.1, 0.15) is 33.2 Å². The molecule has 7 heteroatoms. The molecule has 2 aromatic carbocycles. The molecule has 29 heavy (non-hydrogen) atoms. The van der Waals surface area contributed by atoms with Crippen LogP contribution < -0.4 is 10.6 Å². The Hall–Kier alpha value is -4.18. The van der Waals surface area contributed by atoms with E-state index in [1.165, 1.54) is 6.20 Å². The van der Waals surface area contributed by atoms with Crippen molar-refractivity contribution in [2.75, 3.05) is 17.2 Å². The lowest BCUT2D eigenvalue weighted by atomic mass is 10.2. The number of nitriles is 1. The number of aromatic nitrogens is 1. The van der Waals surface area contributed by atoms with E-state index in [2.05, 4.69) is 15.6 Å². The van der Waals surface area contributed by atoms with E-state index < -0.39 is 0 Å². The van der Waals surface area contributed by atoms with Crippen LogP contribution in [-0.4, -0.2) is 23.5 Å². The molecule has 7 nitrogen and oxygen atoms in total. The summed E-state index contributed by atoms with van der Waals surface area (Å²) in [4.78, 5) is 28.2. The lowest BCUT2D eigenvalue weighted by molar-refractivity contribution is 0.0526. The number of esters is 1. The van der Waals surface area contributed by atoms with Crippen LogP contribution in [-0.2, 0) is 4.74 Å². The van der Waals surface area contributed by atoms with Crippen LogP contribution in [0, 0.1) is 11.3 Å². The van der Waals surface area contributed by atoms with Crippen molar-refractivity contribution >= 4 is 29.1 Å². The minimum absolute atomic E-state index is 0.299. The van der Waals surface area contributed by atoms with Gasteiger partial charge in [-0.2, -0.15) is 5.26 Å². The van der Waals surface area contributed by atoms with Crippen molar-refractivity contribution in [2.24, 2.45) is 0 Å². The summed E-state index contributed by atoms with van der Waals surface area (Å²) in [7, 11) is 0. The molecule has 3 rings (SSSR count). The van der Waals surface area contributed by atoms with E-state index in [0.29, 0.717) is 34.8 Å². The van der Waals surface area contributed by atoms with Crippen molar-refractivity contribution in [2.45, 2.75) is 6.92 Å². The molecule has 0 aliphatic rings. The third kappa shape index (κ3) is 5.17. The number of amides is 1. The van der Waals surface area contributed by atoms with Gasteiger partial charge in [0.2, 0.25) is 0 Å². The number of ether oxygens (including phenoxy) is 1. The number of hydrogen-bond acceptors (Lipinski definition) is 6. The van der Waals surface area contributed by atoms with Crippen molar-refractivity contribution in [3.63, 3.8) is 0 Å². The first-order chi connectivity index (χ1) is 14.1. The average Bonchev–Trinajstić information content (AvgIpc) is 2.75. The predicted octanol–water partition coefficient (Wildman–Crippen LogP) is 4.13. The zero-order valence-corrected chi connectivity index (χ0v) is 15.7. The largest absolute Gasteiger partial charge is 0.462 e. The van der Waals surface area contributed by atoms with Gasteiger partial charge < -0.3 is 15.4 Å². The van der Waals surface area contributed by atoms with Gasteiger partial charge in [0, 0.05) is 17.6 Å². The summed E-state index contributed by atoms with van der Waals surface area (Å²) in [5, 5.41) is 14.7. The summed E-state index contributed by atoms with van der Waals surface area (Å²) in [5.41, 5.74) is 2.74. The van der Waals surface area contributed by atoms with Gasteiger partial charge in [0.1, 0.15) is 5.82 Å². The van der Waals surface area contributed by atoms with Gasteiger partial charge in [0.25, 0.3) is 5.91 Å². The maximum Gasteiger partial charge on any atom is 0.338 e. The predicted molar refractivity (Wildman–Crippen MR) is 109 cm³/mol. The highest BCUT2D eigenvalue weighted by Crippen LogP contribution is 2.17. The standard InChI is InChI=1S/C22H18N4O3/c1-2-29-22(28)16-5-10-18(11-6-16)25-20-12-7-17(14-24-20)21(27)26-19-8-3-15(13-23)4-9-19/h3-12,14H,2H2,1H3,(H,24,25)(H,26,27). The van der Waals surface area contributed by atoms with Crippen LogP contribution in [0.25, 0.3) is 0 Å². The van der Waals surface area contributed by atoms with E-state index in [-0.39, 0.29) is 11.9 Å². The van der Waals surface area contributed by atoms with E-state index in [1.54, 1.807) is 67.6 Å². The SMILES string of the molecule is CCOC(=O)c1ccc(Nc2ccc(C(=O)Nc3ccc(C#N)cc3)cn2)cc1. The Balaban J connectivity index is 1.61.